The first kappa shape index (κ1) is 11.7. The average molecular weight is 235 g/mol. The first-order valence-corrected chi connectivity index (χ1v) is 6.60. The van der Waals surface area contributed by atoms with E-state index in [-0.39, 0.29) is 0 Å². The van der Waals surface area contributed by atoms with Crippen LogP contribution in [0.3, 0.4) is 0 Å². The molecule has 3 heteroatoms. The van der Waals surface area contributed by atoms with Crippen LogP contribution in [0.2, 0.25) is 0 Å². The first-order chi connectivity index (χ1) is 7.88. The van der Waals surface area contributed by atoms with Crippen molar-refractivity contribution in [3.63, 3.8) is 0 Å². The van der Waals surface area contributed by atoms with Gasteiger partial charge < -0.3 is 10.5 Å². The lowest BCUT2D eigenvalue weighted by atomic mass is 10.3. The maximum Gasteiger partial charge on any atom is 0.0809 e. The van der Waals surface area contributed by atoms with E-state index in [9.17, 15) is 0 Å². The monoisotopic (exact) mass is 235 g/mol. The summed E-state index contributed by atoms with van der Waals surface area (Å²) in [6.07, 6.45) is 4.04. The molecular formula is C13H17NOS. The highest BCUT2D eigenvalue weighted by atomic mass is 32.1. The van der Waals surface area contributed by atoms with Gasteiger partial charge in [0, 0.05) is 22.4 Å². The van der Waals surface area contributed by atoms with Crippen molar-refractivity contribution < 1.29 is 4.74 Å². The molecule has 2 nitrogen and oxygen atoms in total. The average Bonchev–Trinajstić information content (AvgIpc) is 3.01. The Morgan fingerprint density at radius 2 is 2.38 bits per heavy atom. The summed E-state index contributed by atoms with van der Waals surface area (Å²) in [6, 6.07) is 2.09. The normalized spacial score (nSPS) is 14.6. The molecule has 1 aromatic heterocycles. The fourth-order valence-electron chi connectivity index (χ4n) is 1.50. The van der Waals surface area contributed by atoms with Crippen molar-refractivity contribution in [2.24, 2.45) is 11.7 Å². The Kier molecular flexibility index (Phi) is 4.41. The minimum absolute atomic E-state index is 0.420. The Bertz CT molecular complexity index is 384. The van der Waals surface area contributed by atoms with Crippen LogP contribution >= 0.6 is 11.3 Å². The second-order valence-corrected chi connectivity index (χ2v) is 5.09. The molecule has 86 valence electrons. The maximum atomic E-state index is 5.63. The van der Waals surface area contributed by atoms with Crippen molar-refractivity contribution >= 4 is 11.3 Å². The summed E-state index contributed by atoms with van der Waals surface area (Å²) in [4.78, 5) is 1.25. The minimum atomic E-state index is 0.420. The van der Waals surface area contributed by atoms with Crippen molar-refractivity contribution in [3.05, 3.63) is 21.9 Å². The summed E-state index contributed by atoms with van der Waals surface area (Å²) < 4.78 is 5.63. The molecule has 1 fully saturated rings. The lowest BCUT2D eigenvalue weighted by molar-refractivity contribution is 0.117. The van der Waals surface area contributed by atoms with Crippen LogP contribution in [0.1, 0.15) is 29.7 Å². The van der Waals surface area contributed by atoms with Crippen LogP contribution in [0.4, 0.5) is 0 Å². The van der Waals surface area contributed by atoms with Gasteiger partial charge in [0.1, 0.15) is 0 Å². The zero-order chi connectivity index (χ0) is 11.2. The summed E-state index contributed by atoms with van der Waals surface area (Å²) in [5.41, 5.74) is 6.37. The maximum absolute atomic E-state index is 5.63. The number of hydrogen-bond acceptors (Lipinski definition) is 3. The number of hydrogen-bond donors (Lipinski definition) is 1. The standard InChI is InChI=1S/C13H17NOS/c14-6-1-2-12-8-13(16-10-12)9-15-7-5-11-3-4-11/h8,10-11H,3-7,9,14H2. The molecule has 2 N–H and O–H groups in total. The third-order valence-corrected chi connectivity index (χ3v) is 3.51. The molecule has 0 aromatic carbocycles. The van der Waals surface area contributed by atoms with E-state index < -0.39 is 0 Å². The van der Waals surface area contributed by atoms with E-state index in [1.807, 2.05) is 0 Å². The van der Waals surface area contributed by atoms with Gasteiger partial charge in [-0.1, -0.05) is 24.7 Å². The number of nitrogens with two attached hydrogens (primary N) is 1. The van der Waals surface area contributed by atoms with Crippen LogP contribution < -0.4 is 5.73 Å². The molecule has 1 aliphatic carbocycles. The van der Waals surface area contributed by atoms with Crippen molar-refractivity contribution in [1.29, 1.82) is 0 Å². The van der Waals surface area contributed by atoms with E-state index in [1.165, 1.54) is 24.1 Å². The number of ether oxygens (including phenoxy) is 1. The van der Waals surface area contributed by atoms with Gasteiger partial charge in [0.25, 0.3) is 0 Å². The molecule has 0 unspecified atom stereocenters. The molecule has 0 radical (unpaired) electrons. The highest BCUT2D eigenvalue weighted by Gasteiger charge is 2.20. The smallest absolute Gasteiger partial charge is 0.0809 e. The summed E-state index contributed by atoms with van der Waals surface area (Å²) >= 11 is 1.71. The largest absolute Gasteiger partial charge is 0.376 e. The minimum Gasteiger partial charge on any atom is -0.376 e. The van der Waals surface area contributed by atoms with Crippen LogP contribution in [-0.4, -0.2) is 13.2 Å². The van der Waals surface area contributed by atoms with E-state index in [0.717, 1.165) is 24.7 Å². The van der Waals surface area contributed by atoms with E-state index in [4.69, 9.17) is 10.5 Å². The van der Waals surface area contributed by atoms with E-state index in [2.05, 4.69) is 23.3 Å². The zero-order valence-corrected chi connectivity index (χ0v) is 10.2. The topological polar surface area (TPSA) is 35.2 Å². The van der Waals surface area contributed by atoms with Gasteiger partial charge >= 0.3 is 0 Å². The van der Waals surface area contributed by atoms with Crippen LogP contribution in [0.15, 0.2) is 11.4 Å². The third kappa shape index (κ3) is 3.97. The lowest BCUT2D eigenvalue weighted by Gasteiger charge is -2.00. The molecule has 0 spiro atoms. The SMILES string of the molecule is NCC#Cc1csc(COCCC2CC2)c1. The molecule has 0 amide bonds. The zero-order valence-electron chi connectivity index (χ0n) is 9.37. The Hall–Kier alpha value is -0.820. The predicted molar refractivity (Wildman–Crippen MR) is 67.2 cm³/mol. The molecule has 0 bridgehead atoms. The molecule has 0 aliphatic heterocycles. The van der Waals surface area contributed by atoms with Crippen LogP contribution in [0.5, 0.6) is 0 Å². The van der Waals surface area contributed by atoms with Gasteiger partial charge in [0.2, 0.25) is 0 Å². The Morgan fingerprint density at radius 1 is 1.50 bits per heavy atom. The molecule has 16 heavy (non-hydrogen) atoms. The molecule has 1 saturated carbocycles. The Balaban J connectivity index is 1.69. The summed E-state index contributed by atoms with van der Waals surface area (Å²) in [5.74, 6) is 6.83. The number of thiophene rings is 1. The van der Waals surface area contributed by atoms with Crippen LogP contribution in [0.25, 0.3) is 0 Å². The van der Waals surface area contributed by atoms with Crippen molar-refractivity contribution in [1.82, 2.24) is 0 Å². The molecular weight excluding hydrogens is 218 g/mol. The lowest BCUT2D eigenvalue weighted by Crippen LogP contribution is -1.94. The van der Waals surface area contributed by atoms with E-state index in [0.29, 0.717) is 6.54 Å². The first-order valence-electron chi connectivity index (χ1n) is 5.72. The van der Waals surface area contributed by atoms with Gasteiger partial charge in [-0.05, 0) is 18.4 Å². The second kappa shape index (κ2) is 6.05. The highest BCUT2D eigenvalue weighted by molar-refractivity contribution is 7.10. The van der Waals surface area contributed by atoms with Crippen molar-refractivity contribution in [3.8, 4) is 11.8 Å². The van der Waals surface area contributed by atoms with E-state index in [1.54, 1.807) is 11.3 Å². The Labute approximate surface area is 101 Å². The molecule has 2 rings (SSSR count). The predicted octanol–water partition coefficient (Wildman–Crippen LogP) is 2.38. The van der Waals surface area contributed by atoms with Gasteiger partial charge in [-0.2, -0.15) is 0 Å². The second-order valence-electron chi connectivity index (χ2n) is 4.09. The molecule has 1 heterocycles. The third-order valence-electron chi connectivity index (χ3n) is 2.60. The van der Waals surface area contributed by atoms with Gasteiger partial charge in [-0.15, -0.1) is 11.3 Å². The quantitative estimate of drug-likeness (QED) is 0.628. The van der Waals surface area contributed by atoms with E-state index >= 15 is 0 Å². The van der Waals surface area contributed by atoms with Gasteiger partial charge in [-0.25, -0.2) is 0 Å². The number of rotatable bonds is 5. The van der Waals surface area contributed by atoms with Gasteiger partial charge in [0.05, 0.1) is 13.2 Å². The molecule has 0 atom stereocenters. The van der Waals surface area contributed by atoms with Crippen LogP contribution in [0, 0.1) is 17.8 Å². The Morgan fingerprint density at radius 3 is 3.12 bits per heavy atom. The van der Waals surface area contributed by atoms with Crippen molar-refractivity contribution in [2.75, 3.05) is 13.2 Å². The molecule has 1 aromatic rings. The summed E-state index contributed by atoms with van der Waals surface area (Å²) in [7, 11) is 0. The van der Waals surface area contributed by atoms with Gasteiger partial charge in [-0.3, -0.25) is 0 Å². The van der Waals surface area contributed by atoms with Crippen molar-refractivity contribution in [2.45, 2.75) is 25.9 Å². The fraction of sp³-hybridized carbons (Fsp3) is 0.538. The summed E-state index contributed by atoms with van der Waals surface area (Å²) in [5, 5.41) is 2.06. The molecule has 1 aliphatic rings. The van der Waals surface area contributed by atoms with Crippen LogP contribution in [-0.2, 0) is 11.3 Å². The molecule has 0 saturated heterocycles. The fourth-order valence-corrected chi connectivity index (χ4v) is 2.26. The summed E-state index contributed by atoms with van der Waals surface area (Å²) in [6.45, 7) is 2.04. The van der Waals surface area contributed by atoms with Gasteiger partial charge in [0.15, 0.2) is 0 Å². The highest BCUT2D eigenvalue weighted by Crippen LogP contribution is 2.32.